The third-order valence-corrected chi connectivity index (χ3v) is 5.57. The van der Waals surface area contributed by atoms with Crippen LogP contribution in [0.1, 0.15) is 10.4 Å². The van der Waals surface area contributed by atoms with Crippen molar-refractivity contribution in [3.63, 3.8) is 0 Å². The number of imidazole rings is 1. The van der Waals surface area contributed by atoms with E-state index in [4.69, 9.17) is 15.2 Å². The van der Waals surface area contributed by atoms with Gasteiger partial charge < -0.3 is 9.47 Å². The molecule has 3 aromatic carbocycles. The summed E-state index contributed by atoms with van der Waals surface area (Å²) in [5.41, 5.74) is 11.0. The third-order valence-electron chi connectivity index (χ3n) is 5.57. The molecular weight excluding hydrogens is 390 g/mol. The lowest BCUT2D eigenvalue weighted by molar-refractivity contribution is -0.667. The van der Waals surface area contributed by atoms with Gasteiger partial charge in [0.2, 0.25) is 6.79 Å². The number of nitrogen functional groups attached to an aromatic ring is 1. The lowest BCUT2D eigenvalue weighted by atomic mass is 10.0. The van der Waals surface area contributed by atoms with Crippen LogP contribution in [-0.4, -0.2) is 17.1 Å². The molecule has 0 fully saturated rings. The highest BCUT2D eigenvalue weighted by molar-refractivity contribution is 5.95. The van der Waals surface area contributed by atoms with E-state index in [1.54, 1.807) is 4.57 Å². The molecule has 0 radical (unpaired) electrons. The van der Waals surface area contributed by atoms with E-state index in [1.807, 2.05) is 78.5 Å². The second kappa shape index (κ2) is 7.65. The molecule has 2 N–H and O–H groups in total. The zero-order chi connectivity index (χ0) is 21.4. The van der Waals surface area contributed by atoms with Crippen molar-refractivity contribution in [2.75, 3.05) is 12.5 Å². The van der Waals surface area contributed by atoms with Crippen LogP contribution in [0.4, 0.5) is 5.95 Å². The summed E-state index contributed by atoms with van der Waals surface area (Å²) in [7, 11) is 1.88. The summed E-state index contributed by atoms with van der Waals surface area (Å²) in [5.74, 6) is 1.94. The number of Topliss-reactive ketones (excluding diaryl/α,β-unsaturated/α-hetero) is 1. The van der Waals surface area contributed by atoms with Crippen molar-refractivity contribution in [1.29, 1.82) is 0 Å². The monoisotopic (exact) mass is 412 g/mol. The minimum absolute atomic E-state index is 0.000789. The minimum Gasteiger partial charge on any atom is -0.454 e. The fraction of sp³-hybridized carbons (Fsp3) is 0.120. The SMILES string of the molecule is Cn1c(-c2ccc3c(c2)OCO3)c[n+](CC(=O)c2ccc(-c3ccccc3)cc2)c1N. The first-order chi connectivity index (χ1) is 15.1. The molecule has 6 nitrogen and oxygen atoms in total. The summed E-state index contributed by atoms with van der Waals surface area (Å²) >= 11 is 0. The lowest BCUT2D eigenvalue weighted by Gasteiger charge is -2.04. The smallest absolute Gasteiger partial charge is 0.355 e. The molecular formula is C25H22N3O3+. The molecule has 0 saturated carbocycles. The van der Waals surface area contributed by atoms with Crippen molar-refractivity contribution in [3.05, 3.63) is 84.6 Å². The molecule has 0 bridgehead atoms. The number of nitrogens with zero attached hydrogens (tertiary/aromatic N) is 2. The van der Waals surface area contributed by atoms with Gasteiger partial charge in [-0.2, -0.15) is 0 Å². The Balaban J connectivity index is 1.38. The van der Waals surface area contributed by atoms with E-state index >= 15 is 0 Å². The van der Waals surface area contributed by atoms with E-state index < -0.39 is 0 Å². The minimum atomic E-state index is -0.000789. The van der Waals surface area contributed by atoms with Gasteiger partial charge in [-0.3, -0.25) is 10.5 Å². The molecule has 0 atom stereocenters. The summed E-state index contributed by atoms with van der Waals surface area (Å²) < 4.78 is 14.5. The fourth-order valence-electron chi connectivity index (χ4n) is 3.79. The Labute approximate surface area is 180 Å². The van der Waals surface area contributed by atoms with Crippen molar-refractivity contribution < 1.29 is 18.8 Å². The quantitative estimate of drug-likeness (QED) is 0.399. The summed E-state index contributed by atoms with van der Waals surface area (Å²) in [6.45, 7) is 0.389. The van der Waals surface area contributed by atoms with Crippen molar-refractivity contribution in [2.24, 2.45) is 7.05 Å². The lowest BCUT2D eigenvalue weighted by Crippen LogP contribution is -2.39. The first kappa shape index (κ1) is 18.9. The first-order valence-electron chi connectivity index (χ1n) is 10.0. The molecule has 1 aliphatic rings. The highest BCUT2D eigenvalue weighted by Gasteiger charge is 2.22. The zero-order valence-electron chi connectivity index (χ0n) is 17.1. The summed E-state index contributed by atoms with van der Waals surface area (Å²) in [6, 6.07) is 23.5. The average molecular weight is 412 g/mol. The van der Waals surface area contributed by atoms with Crippen molar-refractivity contribution in [2.45, 2.75) is 6.54 Å². The molecule has 1 aromatic heterocycles. The number of carbonyl (C=O) groups excluding carboxylic acids is 1. The zero-order valence-corrected chi connectivity index (χ0v) is 17.1. The van der Waals surface area contributed by atoms with E-state index in [1.165, 1.54) is 0 Å². The highest BCUT2D eigenvalue weighted by atomic mass is 16.7. The van der Waals surface area contributed by atoms with Gasteiger partial charge in [0, 0.05) is 11.1 Å². The molecule has 0 spiro atoms. The largest absolute Gasteiger partial charge is 0.454 e. The number of fused-ring (bicyclic) bond motifs is 1. The second-order valence-corrected chi connectivity index (χ2v) is 7.49. The Bertz CT molecular complexity index is 1260. The van der Waals surface area contributed by atoms with Crippen LogP contribution in [0.5, 0.6) is 11.5 Å². The number of hydrogen-bond donors (Lipinski definition) is 1. The van der Waals surface area contributed by atoms with Crippen molar-refractivity contribution in [1.82, 2.24) is 4.57 Å². The van der Waals surface area contributed by atoms with Gasteiger partial charge in [-0.25, -0.2) is 9.13 Å². The number of anilines is 1. The van der Waals surface area contributed by atoms with E-state index in [2.05, 4.69) is 12.1 Å². The Morgan fingerprint density at radius 2 is 1.61 bits per heavy atom. The summed E-state index contributed by atoms with van der Waals surface area (Å²) in [4.78, 5) is 12.9. The van der Waals surface area contributed by atoms with Crippen LogP contribution in [0, 0.1) is 0 Å². The standard InChI is InChI=1S/C25H21N3O3/c1-27-21(20-11-12-23-24(13-20)31-16-30-23)14-28(25(27)26)15-22(29)19-9-7-18(8-10-19)17-5-3-2-4-6-17/h2-14,26H,15-16H2,1H3/p+1. The molecule has 0 unspecified atom stereocenters. The molecule has 6 heteroatoms. The number of ether oxygens (including phenoxy) is 2. The van der Waals surface area contributed by atoms with Crippen LogP contribution in [-0.2, 0) is 13.6 Å². The van der Waals surface area contributed by atoms with Gasteiger partial charge in [0.1, 0.15) is 18.4 Å². The molecule has 0 amide bonds. The topological polar surface area (TPSA) is 70.4 Å². The van der Waals surface area contributed by atoms with Gasteiger partial charge >= 0.3 is 5.95 Å². The van der Waals surface area contributed by atoms with Crippen LogP contribution >= 0.6 is 0 Å². The number of carbonyl (C=O) groups is 1. The molecule has 0 saturated heterocycles. The number of hydrogen-bond acceptors (Lipinski definition) is 4. The van der Waals surface area contributed by atoms with Crippen LogP contribution in [0.2, 0.25) is 0 Å². The van der Waals surface area contributed by atoms with Crippen molar-refractivity contribution in [3.8, 4) is 33.9 Å². The fourth-order valence-corrected chi connectivity index (χ4v) is 3.79. The third kappa shape index (κ3) is 3.53. The molecule has 154 valence electrons. The molecule has 1 aliphatic heterocycles. The normalized spacial score (nSPS) is 12.2. The van der Waals surface area contributed by atoms with Crippen LogP contribution in [0.25, 0.3) is 22.4 Å². The number of nitrogens with two attached hydrogens (primary N) is 1. The van der Waals surface area contributed by atoms with Gasteiger partial charge in [0.05, 0.1) is 7.05 Å². The van der Waals surface area contributed by atoms with Gasteiger partial charge in [-0.1, -0.05) is 54.6 Å². The number of benzene rings is 3. The Morgan fingerprint density at radius 1 is 0.935 bits per heavy atom. The van der Waals surface area contributed by atoms with Crippen LogP contribution in [0.15, 0.2) is 79.0 Å². The maximum atomic E-state index is 12.9. The van der Waals surface area contributed by atoms with Gasteiger partial charge in [0.25, 0.3) is 0 Å². The summed E-state index contributed by atoms with van der Waals surface area (Å²) in [5, 5.41) is 0. The molecule has 5 rings (SSSR count). The van der Waals surface area contributed by atoms with E-state index in [9.17, 15) is 4.79 Å². The van der Waals surface area contributed by atoms with E-state index in [0.29, 0.717) is 17.3 Å². The maximum absolute atomic E-state index is 12.9. The predicted octanol–water partition coefficient (Wildman–Crippen LogP) is 3.84. The van der Waals surface area contributed by atoms with Gasteiger partial charge in [-0.05, 0) is 29.3 Å². The highest BCUT2D eigenvalue weighted by Crippen LogP contribution is 2.35. The predicted molar refractivity (Wildman–Crippen MR) is 118 cm³/mol. The second-order valence-electron chi connectivity index (χ2n) is 7.49. The molecule has 0 aliphatic carbocycles. The van der Waals surface area contributed by atoms with Crippen LogP contribution in [0.3, 0.4) is 0 Å². The Hall–Kier alpha value is -4.06. The number of aromatic nitrogens is 2. The van der Waals surface area contributed by atoms with E-state index in [0.717, 1.165) is 28.1 Å². The Morgan fingerprint density at radius 3 is 2.39 bits per heavy atom. The average Bonchev–Trinajstić information content (AvgIpc) is 3.39. The molecule has 2 heterocycles. The number of ketones is 1. The van der Waals surface area contributed by atoms with Gasteiger partial charge in [-0.15, -0.1) is 0 Å². The van der Waals surface area contributed by atoms with Crippen molar-refractivity contribution >= 4 is 11.7 Å². The molecule has 4 aromatic rings. The van der Waals surface area contributed by atoms with Crippen LogP contribution < -0.4 is 19.8 Å². The van der Waals surface area contributed by atoms with Gasteiger partial charge in [0.15, 0.2) is 17.3 Å². The maximum Gasteiger partial charge on any atom is 0.355 e. The number of rotatable bonds is 5. The Kier molecular flexibility index (Phi) is 4.67. The first-order valence-corrected chi connectivity index (χ1v) is 10.0. The summed E-state index contributed by atoms with van der Waals surface area (Å²) in [6.07, 6.45) is 1.89. The molecule has 31 heavy (non-hydrogen) atoms. The van der Waals surface area contributed by atoms with E-state index in [-0.39, 0.29) is 19.1 Å².